The SMILES string of the molecule is CCc1nnnn1Cc1cccc(C#N)c1. The first-order valence-corrected chi connectivity index (χ1v) is 5.07. The van der Waals surface area contributed by atoms with Gasteiger partial charge >= 0.3 is 0 Å². The number of nitrogens with zero attached hydrogens (tertiary/aromatic N) is 5. The molecular formula is C11H11N5. The maximum atomic E-state index is 8.79. The zero-order valence-corrected chi connectivity index (χ0v) is 8.96. The Hall–Kier alpha value is -2.22. The van der Waals surface area contributed by atoms with Crippen LogP contribution < -0.4 is 0 Å². The minimum Gasteiger partial charge on any atom is -0.225 e. The smallest absolute Gasteiger partial charge is 0.151 e. The molecule has 0 aliphatic rings. The lowest BCUT2D eigenvalue weighted by atomic mass is 10.1. The van der Waals surface area contributed by atoms with Crippen molar-refractivity contribution in [2.24, 2.45) is 0 Å². The number of aromatic nitrogens is 4. The molecule has 0 saturated carbocycles. The van der Waals surface area contributed by atoms with Gasteiger partial charge in [0, 0.05) is 6.42 Å². The van der Waals surface area contributed by atoms with E-state index < -0.39 is 0 Å². The van der Waals surface area contributed by atoms with Gasteiger partial charge in [-0.3, -0.25) is 0 Å². The molecule has 16 heavy (non-hydrogen) atoms. The monoisotopic (exact) mass is 213 g/mol. The van der Waals surface area contributed by atoms with Crippen LogP contribution in [0.1, 0.15) is 23.9 Å². The highest BCUT2D eigenvalue weighted by Crippen LogP contribution is 2.06. The van der Waals surface area contributed by atoms with Crippen LogP contribution in [0.3, 0.4) is 0 Å². The second-order valence-electron chi connectivity index (χ2n) is 3.42. The summed E-state index contributed by atoms with van der Waals surface area (Å²) in [5, 5.41) is 20.2. The molecule has 5 nitrogen and oxygen atoms in total. The van der Waals surface area contributed by atoms with Gasteiger partial charge in [-0.15, -0.1) is 5.10 Å². The third-order valence-electron chi connectivity index (χ3n) is 2.31. The molecule has 2 rings (SSSR count). The highest BCUT2D eigenvalue weighted by Gasteiger charge is 2.04. The zero-order chi connectivity index (χ0) is 11.4. The Kier molecular flexibility index (Phi) is 2.92. The van der Waals surface area contributed by atoms with Gasteiger partial charge in [0.2, 0.25) is 0 Å². The largest absolute Gasteiger partial charge is 0.225 e. The minimum atomic E-state index is 0.603. The first-order chi connectivity index (χ1) is 7.83. The van der Waals surface area contributed by atoms with Crippen LogP contribution in [-0.4, -0.2) is 20.2 Å². The predicted octanol–water partition coefficient (Wildman–Crippen LogP) is 1.16. The fraction of sp³-hybridized carbons (Fsp3) is 0.273. The Bertz CT molecular complexity index is 523. The molecule has 0 unspecified atom stereocenters. The van der Waals surface area contributed by atoms with Crippen LogP contribution in [0.15, 0.2) is 24.3 Å². The molecule has 0 radical (unpaired) electrons. The highest BCUT2D eigenvalue weighted by atomic mass is 15.5. The Labute approximate surface area is 93.3 Å². The lowest BCUT2D eigenvalue weighted by Gasteiger charge is -2.03. The van der Waals surface area contributed by atoms with Gasteiger partial charge in [0.15, 0.2) is 5.82 Å². The summed E-state index contributed by atoms with van der Waals surface area (Å²) in [7, 11) is 0. The maximum absolute atomic E-state index is 8.79. The molecule has 0 bridgehead atoms. The lowest BCUT2D eigenvalue weighted by molar-refractivity contribution is 0.622. The van der Waals surface area contributed by atoms with E-state index in [1.807, 2.05) is 25.1 Å². The average Bonchev–Trinajstić information content (AvgIpc) is 2.76. The lowest BCUT2D eigenvalue weighted by Crippen LogP contribution is -2.06. The zero-order valence-electron chi connectivity index (χ0n) is 8.96. The van der Waals surface area contributed by atoms with E-state index in [1.54, 1.807) is 10.7 Å². The molecule has 0 fully saturated rings. The summed E-state index contributed by atoms with van der Waals surface area (Å²) >= 11 is 0. The standard InChI is InChI=1S/C11H11N5/c1-2-11-13-14-15-16(11)8-10-5-3-4-9(6-10)7-12/h3-6H,2,8H2,1H3. The maximum Gasteiger partial charge on any atom is 0.151 e. The summed E-state index contributed by atoms with van der Waals surface area (Å²) in [5.41, 5.74) is 1.68. The van der Waals surface area contributed by atoms with Crippen molar-refractivity contribution < 1.29 is 0 Å². The average molecular weight is 213 g/mol. The molecule has 0 aliphatic carbocycles. The topological polar surface area (TPSA) is 67.4 Å². The van der Waals surface area contributed by atoms with Crippen molar-refractivity contribution in [3.63, 3.8) is 0 Å². The van der Waals surface area contributed by atoms with Gasteiger partial charge < -0.3 is 0 Å². The van der Waals surface area contributed by atoms with Gasteiger partial charge in [0.05, 0.1) is 18.2 Å². The molecule has 1 aromatic heterocycles. The number of benzene rings is 1. The molecule has 0 atom stereocenters. The van der Waals surface area contributed by atoms with E-state index in [0.29, 0.717) is 12.1 Å². The third-order valence-corrected chi connectivity index (χ3v) is 2.31. The van der Waals surface area contributed by atoms with Gasteiger partial charge in [-0.2, -0.15) is 5.26 Å². The molecule has 0 amide bonds. The van der Waals surface area contributed by atoms with E-state index in [1.165, 1.54) is 0 Å². The van der Waals surface area contributed by atoms with Crippen molar-refractivity contribution in [3.8, 4) is 6.07 Å². The van der Waals surface area contributed by atoms with E-state index in [-0.39, 0.29) is 0 Å². The van der Waals surface area contributed by atoms with E-state index >= 15 is 0 Å². The summed E-state index contributed by atoms with van der Waals surface area (Å²) in [6.07, 6.45) is 0.797. The Morgan fingerprint density at radius 3 is 3.06 bits per heavy atom. The van der Waals surface area contributed by atoms with Crippen LogP contribution in [0, 0.1) is 11.3 Å². The number of hydrogen-bond acceptors (Lipinski definition) is 4. The summed E-state index contributed by atoms with van der Waals surface area (Å²) < 4.78 is 1.75. The van der Waals surface area contributed by atoms with E-state index in [0.717, 1.165) is 17.8 Å². The summed E-state index contributed by atoms with van der Waals surface area (Å²) in [5.74, 6) is 0.849. The second-order valence-corrected chi connectivity index (χ2v) is 3.42. The third kappa shape index (κ3) is 2.06. The molecule has 0 spiro atoms. The molecule has 2 aromatic rings. The Morgan fingerprint density at radius 1 is 1.44 bits per heavy atom. The van der Waals surface area contributed by atoms with Crippen molar-refractivity contribution in [1.29, 1.82) is 5.26 Å². The molecular weight excluding hydrogens is 202 g/mol. The molecule has 0 N–H and O–H groups in total. The number of nitriles is 1. The summed E-state index contributed by atoms with van der Waals surface area (Å²) in [6.45, 7) is 2.61. The van der Waals surface area contributed by atoms with Crippen LogP contribution in [0.5, 0.6) is 0 Å². The highest BCUT2D eigenvalue weighted by molar-refractivity contribution is 5.32. The number of rotatable bonds is 3. The quantitative estimate of drug-likeness (QED) is 0.767. The first-order valence-electron chi connectivity index (χ1n) is 5.07. The van der Waals surface area contributed by atoms with Crippen LogP contribution in [0.2, 0.25) is 0 Å². The van der Waals surface area contributed by atoms with Crippen LogP contribution in [-0.2, 0) is 13.0 Å². The van der Waals surface area contributed by atoms with Gasteiger partial charge in [0.25, 0.3) is 0 Å². The van der Waals surface area contributed by atoms with Gasteiger partial charge in [0.1, 0.15) is 0 Å². The predicted molar refractivity (Wildman–Crippen MR) is 57.5 cm³/mol. The van der Waals surface area contributed by atoms with E-state index in [9.17, 15) is 0 Å². The Balaban J connectivity index is 2.24. The number of hydrogen-bond donors (Lipinski definition) is 0. The normalized spacial score (nSPS) is 10.0. The first kappa shape index (κ1) is 10.3. The van der Waals surface area contributed by atoms with Gasteiger partial charge in [-0.25, -0.2) is 4.68 Å². The van der Waals surface area contributed by atoms with Crippen molar-refractivity contribution in [2.75, 3.05) is 0 Å². The fourth-order valence-corrected chi connectivity index (χ4v) is 1.51. The van der Waals surface area contributed by atoms with Crippen molar-refractivity contribution in [3.05, 3.63) is 41.2 Å². The van der Waals surface area contributed by atoms with Crippen LogP contribution in [0.25, 0.3) is 0 Å². The van der Waals surface area contributed by atoms with Crippen molar-refractivity contribution in [2.45, 2.75) is 19.9 Å². The molecule has 5 heteroatoms. The Morgan fingerprint density at radius 2 is 2.31 bits per heavy atom. The van der Waals surface area contributed by atoms with Gasteiger partial charge in [-0.05, 0) is 28.1 Å². The molecule has 0 saturated heterocycles. The summed E-state index contributed by atoms with van der Waals surface area (Å²) in [4.78, 5) is 0. The molecule has 80 valence electrons. The summed E-state index contributed by atoms with van der Waals surface area (Å²) in [6, 6.07) is 9.57. The van der Waals surface area contributed by atoms with Crippen molar-refractivity contribution in [1.82, 2.24) is 20.2 Å². The van der Waals surface area contributed by atoms with E-state index in [4.69, 9.17) is 5.26 Å². The van der Waals surface area contributed by atoms with Crippen LogP contribution in [0.4, 0.5) is 0 Å². The number of aryl methyl sites for hydroxylation is 1. The van der Waals surface area contributed by atoms with Crippen molar-refractivity contribution >= 4 is 0 Å². The molecule has 1 aromatic carbocycles. The molecule has 1 heterocycles. The van der Waals surface area contributed by atoms with Crippen LogP contribution >= 0.6 is 0 Å². The number of tetrazole rings is 1. The van der Waals surface area contributed by atoms with E-state index in [2.05, 4.69) is 21.6 Å². The molecule has 0 aliphatic heterocycles. The second kappa shape index (κ2) is 4.53. The minimum absolute atomic E-state index is 0.603. The fourth-order valence-electron chi connectivity index (χ4n) is 1.51. The van der Waals surface area contributed by atoms with Gasteiger partial charge in [-0.1, -0.05) is 19.1 Å².